The molecule has 2 aromatic rings. The third-order valence-electron chi connectivity index (χ3n) is 3.37. The van der Waals surface area contributed by atoms with Crippen LogP contribution in [-0.4, -0.2) is 7.05 Å². The summed E-state index contributed by atoms with van der Waals surface area (Å²) in [4.78, 5) is 1.88. The molecule has 0 amide bonds. The van der Waals surface area contributed by atoms with Gasteiger partial charge in [-0.3, -0.25) is 0 Å². The fraction of sp³-hybridized carbons (Fsp3) is 0.250. The Hall–Kier alpha value is -1.94. The molecule has 0 saturated heterocycles. The van der Waals surface area contributed by atoms with Crippen LogP contribution in [0.25, 0.3) is 0 Å². The SMILES string of the molecule is Cc1cc(N(C)c2ccc(F)cc2)c([C@@H](C)N)cc1F. The van der Waals surface area contributed by atoms with Gasteiger partial charge in [0.25, 0.3) is 0 Å². The van der Waals surface area contributed by atoms with Gasteiger partial charge in [0.05, 0.1) is 0 Å². The van der Waals surface area contributed by atoms with Crippen LogP contribution in [0.15, 0.2) is 36.4 Å². The highest BCUT2D eigenvalue weighted by molar-refractivity contribution is 5.67. The van der Waals surface area contributed by atoms with Crippen molar-refractivity contribution in [1.82, 2.24) is 0 Å². The lowest BCUT2D eigenvalue weighted by Crippen LogP contribution is -2.16. The largest absolute Gasteiger partial charge is 0.344 e. The van der Waals surface area contributed by atoms with Crippen LogP contribution in [0.5, 0.6) is 0 Å². The van der Waals surface area contributed by atoms with Crippen LogP contribution in [0.2, 0.25) is 0 Å². The van der Waals surface area contributed by atoms with Crippen molar-refractivity contribution in [3.05, 3.63) is 59.2 Å². The highest BCUT2D eigenvalue weighted by atomic mass is 19.1. The van der Waals surface area contributed by atoms with E-state index in [-0.39, 0.29) is 17.7 Å². The highest BCUT2D eigenvalue weighted by Gasteiger charge is 2.15. The zero-order valence-corrected chi connectivity index (χ0v) is 11.8. The Morgan fingerprint density at radius 1 is 1.10 bits per heavy atom. The second kappa shape index (κ2) is 5.59. The number of halogens is 2. The van der Waals surface area contributed by atoms with E-state index in [1.165, 1.54) is 18.2 Å². The summed E-state index contributed by atoms with van der Waals surface area (Å²) >= 11 is 0. The lowest BCUT2D eigenvalue weighted by molar-refractivity contribution is 0.613. The zero-order valence-electron chi connectivity index (χ0n) is 11.8. The molecule has 20 heavy (non-hydrogen) atoms. The molecule has 0 aliphatic rings. The number of aryl methyl sites for hydroxylation is 1. The van der Waals surface area contributed by atoms with E-state index in [1.807, 2.05) is 18.9 Å². The van der Waals surface area contributed by atoms with Gasteiger partial charge in [-0.25, -0.2) is 8.78 Å². The van der Waals surface area contributed by atoms with Gasteiger partial charge in [-0.05, 0) is 61.4 Å². The van der Waals surface area contributed by atoms with Crippen LogP contribution in [0, 0.1) is 18.6 Å². The van der Waals surface area contributed by atoms with E-state index in [4.69, 9.17) is 5.73 Å². The maximum Gasteiger partial charge on any atom is 0.126 e. The molecule has 2 N–H and O–H groups in total. The van der Waals surface area contributed by atoms with Gasteiger partial charge in [0.2, 0.25) is 0 Å². The van der Waals surface area contributed by atoms with Crippen LogP contribution < -0.4 is 10.6 Å². The smallest absolute Gasteiger partial charge is 0.126 e. The van der Waals surface area contributed by atoms with Crippen molar-refractivity contribution in [1.29, 1.82) is 0 Å². The minimum Gasteiger partial charge on any atom is -0.344 e. The van der Waals surface area contributed by atoms with E-state index < -0.39 is 0 Å². The Bertz CT molecular complexity index is 607. The van der Waals surface area contributed by atoms with Gasteiger partial charge in [0.15, 0.2) is 0 Å². The maximum absolute atomic E-state index is 13.7. The molecule has 4 heteroatoms. The lowest BCUT2D eigenvalue weighted by Gasteiger charge is -2.25. The third-order valence-corrected chi connectivity index (χ3v) is 3.37. The molecular formula is C16H18F2N2. The first-order valence-electron chi connectivity index (χ1n) is 6.45. The fourth-order valence-electron chi connectivity index (χ4n) is 2.14. The van der Waals surface area contributed by atoms with Gasteiger partial charge in [0.1, 0.15) is 11.6 Å². The van der Waals surface area contributed by atoms with Gasteiger partial charge in [-0.1, -0.05) is 0 Å². The van der Waals surface area contributed by atoms with Crippen LogP contribution in [0.1, 0.15) is 24.1 Å². The van der Waals surface area contributed by atoms with E-state index in [9.17, 15) is 8.78 Å². The molecule has 0 aromatic heterocycles. The second-order valence-electron chi connectivity index (χ2n) is 4.98. The van der Waals surface area contributed by atoms with Crippen molar-refractivity contribution in [2.45, 2.75) is 19.9 Å². The summed E-state index contributed by atoms with van der Waals surface area (Å²) in [7, 11) is 1.85. The Morgan fingerprint density at radius 3 is 2.25 bits per heavy atom. The maximum atomic E-state index is 13.7. The fourth-order valence-corrected chi connectivity index (χ4v) is 2.14. The minimum absolute atomic E-state index is 0.270. The molecular weight excluding hydrogens is 258 g/mol. The normalized spacial score (nSPS) is 12.3. The predicted molar refractivity (Wildman–Crippen MR) is 78.2 cm³/mol. The predicted octanol–water partition coefficient (Wildman–Crippen LogP) is 4.06. The third kappa shape index (κ3) is 2.80. The topological polar surface area (TPSA) is 29.3 Å². The van der Waals surface area contributed by atoms with Crippen LogP contribution in [-0.2, 0) is 0 Å². The number of hydrogen-bond acceptors (Lipinski definition) is 2. The molecule has 0 spiro atoms. The van der Waals surface area contributed by atoms with Gasteiger partial charge < -0.3 is 10.6 Å². The minimum atomic E-state index is -0.289. The number of anilines is 2. The molecule has 1 atom stereocenters. The molecule has 0 heterocycles. The first kappa shape index (κ1) is 14.5. The monoisotopic (exact) mass is 276 g/mol. The van der Waals surface area contributed by atoms with Gasteiger partial charge in [-0.2, -0.15) is 0 Å². The summed E-state index contributed by atoms with van der Waals surface area (Å²) in [6, 6.07) is 9.09. The first-order chi connectivity index (χ1) is 9.40. The summed E-state index contributed by atoms with van der Waals surface area (Å²) in [6.45, 7) is 3.52. The van der Waals surface area contributed by atoms with E-state index in [2.05, 4.69) is 0 Å². The highest BCUT2D eigenvalue weighted by Crippen LogP contribution is 2.32. The summed E-state index contributed by atoms with van der Waals surface area (Å²) in [6.07, 6.45) is 0. The molecule has 0 aliphatic carbocycles. The first-order valence-corrected chi connectivity index (χ1v) is 6.45. The van der Waals surface area contributed by atoms with Gasteiger partial charge in [0, 0.05) is 24.5 Å². The number of nitrogens with two attached hydrogens (primary N) is 1. The van der Waals surface area contributed by atoms with Crippen molar-refractivity contribution < 1.29 is 8.78 Å². The number of nitrogens with zero attached hydrogens (tertiary/aromatic N) is 1. The van der Waals surface area contributed by atoms with Crippen LogP contribution in [0.3, 0.4) is 0 Å². The van der Waals surface area contributed by atoms with Crippen molar-refractivity contribution in [3.8, 4) is 0 Å². The zero-order chi connectivity index (χ0) is 14.9. The molecule has 2 aromatic carbocycles. The molecule has 0 saturated carbocycles. The quantitative estimate of drug-likeness (QED) is 0.916. The molecule has 0 radical (unpaired) electrons. The van der Waals surface area contributed by atoms with Crippen LogP contribution in [0.4, 0.5) is 20.2 Å². The van der Waals surface area contributed by atoms with Crippen molar-refractivity contribution in [3.63, 3.8) is 0 Å². The molecule has 2 nitrogen and oxygen atoms in total. The Balaban J connectivity index is 2.50. The van der Waals surface area contributed by atoms with E-state index in [0.717, 1.165) is 16.9 Å². The molecule has 0 aliphatic heterocycles. The standard InChI is InChI=1S/C16H18F2N2/c1-10-8-16(14(11(2)19)9-15(10)18)20(3)13-6-4-12(17)5-7-13/h4-9,11H,19H2,1-3H3/t11-/m1/s1. The molecule has 0 unspecified atom stereocenters. The van der Waals surface area contributed by atoms with Crippen molar-refractivity contribution in [2.75, 3.05) is 11.9 Å². The van der Waals surface area contributed by atoms with E-state index >= 15 is 0 Å². The van der Waals surface area contributed by atoms with Crippen LogP contribution >= 0.6 is 0 Å². The average Bonchev–Trinajstić information content (AvgIpc) is 2.41. The average molecular weight is 276 g/mol. The lowest BCUT2D eigenvalue weighted by atomic mass is 10.0. The summed E-state index contributed by atoms with van der Waals surface area (Å²) < 4.78 is 26.7. The number of benzene rings is 2. The van der Waals surface area contributed by atoms with E-state index in [0.29, 0.717) is 5.56 Å². The Kier molecular flexibility index (Phi) is 4.04. The van der Waals surface area contributed by atoms with E-state index in [1.54, 1.807) is 25.1 Å². The number of rotatable bonds is 3. The molecule has 106 valence electrons. The summed E-state index contributed by atoms with van der Waals surface area (Å²) in [5, 5.41) is 0. The van der Waals surface area contributed by atoms with Gasteiger partial charge in [-0.15, -0.1) is 0 Å². The number of hydrogen-bond donors (Lipinski definition) is 1. The van der Waals surface area contributed by atoms with Gasteiger partial charge >= 0.3 is 0 Å². The molecule has 2 rings (SSSR count). The second-order valence-corrected chi connectivity index (χ2v) is 4.98. The summed E-state index contributed by atoms with van der Waals surface area (Å²) in [5.74, 6) is -0.557. The molecule has 0 fully saturated rings. The Labute approximate surface area is 117 Å². The summed E-state index contributed by atoms with van der Waals surface area (Å²) in [5.41, 5.74) is 8.84. The Morgan fingerprint density at radius 2 is 1.70 bits per heavy atom. The van der Waals surface area contributed by atoms with Crippen molar-refractivity contribution >= 4 is 11.4 Å². The van der Waals surface area contributed by atoms with Crippen molar-refractivity contribution in [2.24, 2.45) is 5.73 Å². The molecule has 0 bridgehead atoms.